The molecule has 0 unspecified atom stereocenters. The molecule has 242 valence electrons. The van der Waals surface area contributed by atoms with E-state index in [9.17, 15) is 0 Å². The highest BCUT2D eigenvalue weighted by Crippen LogP contribution is 2.43. The second-order valence-electron chi connectivity index (χ2n) is 13.7. The van der Waals surface area contributed by atoms with Gasteiger partial charge in [0, 0.05) is 49.5 Å². The lowest BCUT2D eigenvalue weighted by atomic mass is 9.88. The minimum Gasteiger partial charge on any atom is -0.455 e. The van der Waals surface area contributed by atoms with Crippen molar-refractivity contribution in [3.8, 4) is 33.5 Å². The van der Waals surface area contributed by atoms with Gasteiger partial charge >= 0.3 is 0 Å². The predicted molar refractivity (Wildman–Crippen MR) is 218 cm³/mol. The third kappa shape index (κ3) is 4.20. The Hall–Kier alpha value is -6.84. The van der Waals surface area contributed by atoms with Crippen LogP contribution in [0.2, 0.25) is 0 Å². The number of fused-ring (bicyclic) bond motifs is 11. The zero-order valence-corrected chi connectivity index (χ0v) is 28.4. The van der Waals surface area contributed by atoms with Crippen molar-refractivity contribution in [2.75, 3.05) is 0 Å². The molecule has 0 amide bonds. The van der Waals surface area contributed by atoms with Gasteiger partial charge in [0.05, 0.1) is 16.7 Å². The molecule has 0 aliphatic carbocycles. The molecule has 3 nitrogen and oxygen atoms in total. The minimum atomic E-state index is 0.899. The Morgan fingerprint density at radius 1 is 0.462 bits per heavy atom. The fraction of sp³-hybridized carbons (Fsp3) is 0.0204. The highest BCUT2D eigenvalue weighted by Gasteiger charge is 2.18. The highest BCUT2D eigenvalue weighted by atomic mass is 16.3. The van der Waals surface area contributed by atoms with Gasteiger partial charge in [-0.15, -0.1) is 0 Å². The van der Waals surface area contributed by atoms with Gasteiger partial charge in [-0.3, -0.25) is 4.98 Å². The van der Waals surface area contributed by atoms with E-state index in [2.05, 4.69) is 146 Å². The third-order valence-electron chi connectivity index (χ3n) is 10.8. The van der Waals surface area contributed by atoms with E-state index in [0.29, 0.717) is 0 Å². The molecule has 0 N–H and O–H groups in total. The summed E-state index contributed by atoms with van der Waals surface area (Å²) in [6.07, 6.45) is 1.89. The minimum absolute atomic E-state index is 0.899. The summed E-state index contributed by atoms with van der Waals surface area (Å²) in [4.78, 5) is 10.0. The molecule has 8 aromatic carbocycles. The Balaban J connectivity index is 1.08. The van der Waals surface area contributed by atoms with Crippen molar-refractivity contribution in [1.82, 2.24) is 9.97 Å². The fourth-order valence-corrected chi connectivity index (χ4v) is 8.44. The van der Waals surface area contributed by atoms with Gasteiger partial charge in [0.2, 0.25) is 0 Å². The number of hydrogen-bond donors (Lipinski definition) is 0. The Labute approximate surface area is 299 Å². The van der Waals surface area contributed by atoms with Gasteiger partial charge in [-0.05, 0) is 81.2 Å². The molecule has 3 heterocycles. The molecule has 52 heavy (non-hydrogen) atoms. The molecule has 3 heteroatoms. The second-order valence-corrected chi connectivity index (χ2v) is 13.7. The van der Waals surface area contributed by atoms with Crippen LogP contribution < -0.4 is 0 Å². The maximum Gasteiger partial charge on any atom is 0.144 e. The van der Waals surface area contributed by atoms with Crippen molar-refractivity contribution >= 4 is 76.1 Å². The molecule has 0 atom stereocenters. The smallest absolute Gasteiger partial charge is 0.144 e. The molecule has 0 saturated heterocycles. The fourth-order valence-electron chi connectivity index (χ4n) is 8.44. The van der Waals surface area contributed by atoms with Crippen LogP contribution in [0.5, 0.6) is 0 Å². The maximum absolute atomic E-state index is 6.54. The number of benzene rings is 8. The standard InChI is InChI=1S/C49H30N2O/c1-29-10-8-16-38-42(28-32-11-9-27-50-48(32)45(29)38)36-24-23-33(34-12-2-3-13-35(34)36)30-19-21-31(22-20-30)47-41-26-25-39-37-14-5-7-18-44(37)52-49(39)46(41)40-15-4-6-17-43(40)51-47/h2-28H,1H3. The zero-order valence-electron chi connectivity index (χ0n) is 28.4. The summed E-state index contributed by atoms with van der Waals surface area (Å²) in [5.74, 6) is 0. The van der Waals surface area contributed by atoms with Crippen LogP contribution in [-0.2, 0) is 0 Å². The van der Waals surface area contributed by atoms with Crippen LogP contribution in [0.4, 0.5) is 0 Å². The number of aromatic nitrogens is 2. The number of rotatable bonds is 3. The monoisotopic (exact) mass is 662 g/mol. The lowest BCUT2D eigenvalue weighted by molar-refractivity contribution is 0.673. The van der Waals surface area contributed by atoms with Crippen LogP contribution in [0.15, 0.2) is 168 Å². The average molecular weight is 663 g/mol. The summed E-state index contributed by atoms with van der Waals surface area (Å²) in [5, 5.41) is 11.6. The number of aryl methyl sites for hydroxylation is 1. The molecule has 0 spiro atoms. The zero-order chi connectivity index (χ0) is 34.3. The topological polar surface area (TPSA) is 38.9 Å². The van der Waals surface area contributed by atoms with Crippen molar-refractivity contribution in [2.45, 2.75) is 6.92 Å². The normalized spacial score (nSPS) is 11.9. The summed E-state index contributed by atoms with van der Waals surface area (Å²) in [6, 6.07) is 56.4. The van der Waals surface area contributed by atoms with Crippen molar-refractivity contribution in [1.29, 1.82) is 0 Å². The molecular formula is C49H30N2O. The molecule has 0 aliphatic heterocycles. The molecular weight excluding hydrogens is 633 g/mol. The van der Waals surface area contributed by atoms with Gasteiger partial charge in [0.25, 0.3) is 0 Å². The van der Waals surface area contributed by atoms with E-state index in [1.807, 2.05) is 24.4 Å². The van der Waals surface area contributed by atoms with E-state index in [-0.39, 0.29) is 0 Å². The quantitative estimate of drug-likeness (QED) is 0.177. The first-order chi connectivity index (χ1) is 25.7. The Morgan fingerprint density at radius 2 is 1.15 bits per heavy atom. The van der Waals surface area contributed by atoms with Gasteiger partial charge in [-0.1, -0.05) is 127 Å². The third-order valence-corrected chi connectivity index (χ3v) is 10.8. The van der Waals surface area contributed by atoms with E-state index in [4.69, 9.17) is 14.4 Å². The Bertz CT molecular complexity index is 3250. The summed E-state index contributed by atoms with van der Waals surface area (Å²) in [5.41, 5.74) is 11.9. The van der Waals surface area contributed by atoms with Crippen molar-refractivity contribution < 1.29 is 4.42 Å². The first kappa shape index (κ1) is 28.9. The Morgan fingerprint density at radius 3 is 2.02 bits per heavy atom. The largest absolute Gasteiger partial charge is 0.455 e. The second kappa shape index (κ2) is 11.1. The van der Waals surface area contributed by atoms with Gasteiger partial charge in [-0.25, -0.2) is 4.98 Å². The van der Waals surface area contributed by atoms with E-state index in [1.165, 1.54) is 49.4 Å². The molecule has 11 rings (SSSR count). The molecule has 3 aromatic heterocycles. The van der Waals surface area contributed by atoms with E-state index >= 15 is 0 Å². The number of furan rings is 1. The number of nitrogens with zero attached hydrogens (tertiary/aromatic N) is 2. The van der Waals surface area contributed by atoms with Gasteiger partial charge in [0.1, 0.15) is 11.2 Å². The first-order valence-electron chi connectivity index (χ1n) is 17.7. The van der Waals surface area contributed by atoms with Crippen molar-refractivity contribution in [3.05, 3.63) is 169 Å². The average Bonchev–Trinajstić information content (AvgIpc) is 3.59. The first-order valence-corrected chi connectivity index (χ1v) is 17.7. The van der Waals surface area contributed by atoms with Gasteiger partial charge < -0.3 is 4.42 Å². The molecule has 0 bridgehead atoms. The van der Waals surface area contributed by atoms with Crippen LogP contribution in [-0.4, -0.2) is 9.97 Å². The van der Waals surface area contributed by atoms with Crippen molar-refractivity contribution in [3.63, 3.8) is 0 Å². The molecule has 0 aliphatic rings. The van der Waals surface area contributed by atoms with Gasteiger partial charge in [-0.2, -0.15) is 0 Å². The van der Waals surface area contributed by atoms with Crippen LogP contribution >= 0.6 is 0 Å². The molecule has 0 radical (unpaired) electrons. The lowest BCUT2D eigenvalue weighted by Gasteiger charge is -2.16. The summed E-state index contributed by atoms with van der Waals surface area (Å²) in [7, 11) is 0. The summed E-state index contributed by atoms with van der Waals surface area (Å²) < 4.78 is 6.54. The maximum atomic E-state index is 6.54. The molecule has 0 saturated carbocycles. The van der Waals surface area contributed by atoms with Crippen LogP contribution in [0.25, 0.3) is 110 Å². The van der Waals surface area contributed by atoms with E-state index in [1.54, 1.807) is 0 Å². The Kier molecular flexibility index (Phi) is 6.17. The summed E-state index contributed by atoms with van der Waals surface area (Å²) >= 11 is 0. The number of para-hydroxylation sites is 2. The highest BCUT2D eigenvalue weighted by molar-refractivity contribution is 6.25. The lowest BCUT2D eigenvalue weighted by Crippen LogP contribution is -1.92. The van der Waals surface area contributed by atoms with Crippen LogP contribution in [0, 0.1) is 6.92 Å². The van der Waals surface area contributed by atoms with Crippen LogP contribution in [0.1, 0.15) is 5.56 Å². The van der Waals surface area contributed by atoms with E-state index < -0.39 is 0 Å². The summed E-state index contributed by atoms with van der Waals surface area (Å²) in [6.45, 7) is 2.18. The van der Waals surface area contributed by atoms with Crippen LogP contribution in [0.3, 0.4) is 0 Å². The number of pyridine rings is 2. The number of hydrogen-bond acceptors (Lipinski definition) is 3. The predicted octanol–water partition coefficient (Wildman–Crippen LogP) is 13.5. The molecule has 11 aromatic rings. The molecule has 0 fully saturated rings. The van der Waals surface area contributed by atoms with Gasteiger partial charge in [0.15, 0.2) is 0 Å². The van der Waals surface area contributed by atoms with Crippen molar-refractivity contribution in [2.24, 2.45) is 0 Å². The SMILES string of the molecule is Cc1cccc2c(-c3ccc(-c4ccc(-c5nc6ccccc6c6c5ccc5c7ccccc7oc56)cc4)c4ccccc34)cc3cccnc3c12. The van der Waals surface area contributed by atoms with E-state index in [0.717, 1.165) is 65.8 Å².